The molecule has 0 saturated carbocycles. The zero-order valence-corrected chi connectivity index (χ0v) is 18.1. The molecule has 0 amide bonds. The SMILES string of the molecule is Cc1ccccc1-c1cccc(-c2ccccc2C)c1-c1ccccc1C(C)(C)O. The fourth-order valence-electron chi connectivity index (χ4n) is 4.28. The zero-order valence-electron chi connectivity index (χ0n) is 18.1. The van der Waals surface area contributed by atoms with Crippen molar-refractivity contribution >= 4 is 0 Å². The second kappa shape index (κ2) is 7.93. The molecule has 150 valence electrons. The maximum absolute atomic E-state index is 11.0. The van der Waals surface area contributed by atoms with E-state index in [-0.39, 0.29) is 0 Å². The van der Waals surface area contributed by atoms with Gasteiger partial charge in [-0.15, -0.1) is 0 Å². The first-order valence-electron chi connectivity index (χ1n) is 10.4. The molecule has 0 aliphatic rings. The highest BCUT2D eigenvalue weighted by atomic mass is 16.3. The van der Waals surface area contributed by atoms with Crippen LogP contribution in [0.5, 0.6) is 0 Å². The Morgan fingerprint density at radius 3 is 1.37 bits per heavy atom. The van der Waals surface area contributed by atoms with Crippen molar-refractivity contribution < 1.29 is 5.11 Å². The van der Waals surface area contributed by atoms with Crippen LogP contribution in [0, 0.1) is 13.8 Å². The van der Waals surface area contributed by atoms with Crippen LogP contribution < -0.4 is 0 Å². The Morgan fingerprint density at radius 1 is 0.500 bits per heavy atom. The van der Waals surface area contributed by atoms with Crippen LogP contribution in [-0.2, 0) is 5.60 Å². The van der Waals surface area contributed by atoms with E-state index in [1.54, 1.807) is 0 Å². The molecule has 1 N–H and O–H groups in total. The molecule has 0 spiro atoms. The third-order valence-corrected chi connectivity index (χ3v) is 5.79. The van der Waals surface area contributed by atoms with Crippen LogP contribution in [0.3, 0.4) is 0 Å². The number of aliphatic hydroxyl groups is 1. The standard InChI is InChI=1S/C29H28O/c1-20-12-5-7-14-22(20)24-17-11-18-25(23-15-8-6-13-21(23)2)28(24)26-16-9-10-19-27(26)29(3,4)30/h5-19,30H,1-4H3. The molecule has 0 radical (unpaired) electrons. The third kappa shape index (κ3) is 3.69. The van der Waals surface area contributed by atoms with Gasteiger partial charge in [-0.2, -0.15) is 0 Å². The van der Waals surface area contributed by atoms with Crippen molar-refractivity contribution in [1.82, 2.24) is 0 Å². The smallest absolute Gasteiger partial charge is 0.0846 e. The van der Waals surface area contributed by atoms with Gasteiger partial charge in [0.05, 0.1) is 5.60 Å². The fourth-order valence-corrected chi connectivity index (χ4v) is 4.28. The predicted molar refractivity (Wildman–Crippen MR) is 127 cm³/mol. The number of aryl methyl sites for hydroxylation is 2. The molecule has 4 aromatic rings. The minimum atomic E-state index is -0.946. The lowest BCUT2D eigenvalue weighted by molar-refractivity contribution is 0.0792. The Hall–Kier alpha value is -3.16. The number of rotatable bonds is 4. The minimum Gasteiger partial charge on any atom is -0.386 e. The van der Waals surface area contributed by atoms with E-state index in [0.29, 0.717) is 0 Å². The molecule has 0 aromatic heterocycles. The van der Waals surface area contributed by atoms with E-state index >= 15 is 0 Å². The van der Waals surface area contributed by atoms with Crippen LogP contribution in [0.4, 0.5) is 0 Å². The molecule has 1 heteroatoms. The first-order chi connectivity index (χ1) is 14.4. The highest BCUT2D eigenvalue weighted by molar-refractivity contribution is 5.96. The molecule has 0 aliphatic carbocycles. The average Bonchev–Trinajstić information content (AvgIpc) is 2.73. The Morgan fingerprint density at radius 2 is 0.900 bits per heavy atom. The molecular formula is C29H28O. The molecule has 0 saturated heterocycles. The summed E-state index contributed by atoms with van der Waals surface area (Å²) in [6, 6.07) is 31.8. The van der Waals surface area contributed by atoms with Gasteiger partial charge >= 0.3 is 0 Å². The molecular weight excluding hydrogens is 364 g/mol. The van der Waals surface area contributed by atoms with Gasteiger partial charge in [0.1, 0.15) is 0 Å². The lowest BCUT2D eigenvalue weighted by Gasteiger charge is -2.25. The maximum Gasteiger partial charge on any atom is 0.0846 e. The van der Waals surface area contributed by atoms with E-state index in [1.165, 1.54) is 38.9 Å². The van der Waals surface area contributed by atoms with Gasteiger partial charge in [-0.1, -0.05) is 91.0 Å². The largest absolute Gasteiger partial charge is 0.386 e. The molecule has 0 bridgehead atoms. The topological polar surface area (TPSA) is 20.2 Å². The van der Waals surface area contributed by atoms with Crippen molar-refractivity contribution in [3.8, 4) is 33.4 Å². The van der Waals surface area contributed by atoms with E-state index in [0.717, 1.165) is 11.1 Å². The summed E-state index contributed by atoms with van der Waals surface area (Å²) < 4.78 is 0. The third-order valence-electron chi connectivity index (χ3n) is 5.79. The van der Waals surface area contributed by atoms with E-state index in [1.807, 2.05) is 26.0 Å². The fraction of sp³-hybridized carbons (Fsp3) is 0.172. The summed E-state index contributed by atoms with van der Waals surface area (Å²) >= 11 is 0. The van der Waals surface area contributed by atoms with Crippen molar-refractivity contribution in [3.05, 3.63) is 108 Å². The van der Waals surface area contributed by atoms with E-state index < -0.39 is 5.60 Å². The van der Waals surface area contributed by atoms with Crippen LogP contribution in [-0.4, -0.2) is 5.11 Å². The highest BCUT2D eigenvalue weighted by Crippen LogP contribution is 2.44. The Kier molecular flexibility index (Phi) is 5.32. The van der Waals surface area contributed by atoms with Gasteiger partial charge in [0.25, 0.3) is 0 Å². The van der Waals surface area contributed by atoms with Crippen molar-refractivity contribution in [2.24, 2.45) is 0 Å². The Labute approximate surface area is 179 Å². The molecule has 30 heavy (non-hydrogen) atoms. The summed E-state index contributed by atoms with van der Waals surface area (Å²) in [5.74, 6) is 0. The second-order valence-electron chi connectivity index (χ2n) is 8.46. The van der Waals surface area contributed by atoms with E-state index in [2.05, 4.69) is 92.7 Å². The monoisotopic (exact) mass is 392 g/mol. The van der Waals surface area contributed by atoms with Crippen LogP contribution in [0.25, 0.3) is 33.4 Å². The van der Waals surface area contributed by atoms with Gasteiger partial charge < -0.3 is 5.11 Å². The van der Waals surface area contributed by atoms with Gasteiger partial charge in [-0.25, -0.2) is 0 Å². The summed E-state index contributed by atoms with van der Waals surface area (Å²) in [5, 5.41) is 11.0. The first kappa shape index (κ1) is 20.1. The van der Waals surface area contributed by atoms with Crippen molar-refractivity contribution in [1.29, 1.82) is 0 Å². The van der Waals surface area contributed by atoms with Crippen LogP contribution in [0.15, 0.2) is 91.0 Å². The lowest BCUT2D eigenvalue weighted by Crippen LogP contribution is -2.17. The van der Waals surface area contributed by atoms with Gasteiger partial charge in [-0.3, -0.25) is 0 Å². The van der Waals surface area contributed by atoms with Crippen LogP contribution in [0.1, 0.15) is 30.5 Å². The highest BCUT2D eigenvalue weighted by Gasteiger charge is 2.24. The number of benzene rings is 4. The summed E-state index contributed by atoms with van der Waals surface area (Å²) in [4.78, 5) is 0. The zero-order chi connectivity index (χ0) is 21.3. The van der Waals surface area contributed by atoms with Crippen LogP contribution in [0.2, 0.25) is 0 Å². The second-order valence-corrected chi connectivity index (χ2v) is 8.46. The van der Waals surface area contributed by atoms with E-state index in [4.69, 9.17) is 0 Å². The van der Waals surface area contributed by atoms with Gasteiger partial charge in [0, 0.05) is 0 Å². The van der Waals surface area contributed by atoms with Gasteiger partial charge in [0.2, 0.25) is 0 Å². The summed E-state index contributed by atoms with van der Waals surface area (Å²) in [6.45, 7) is 8.02. The average molecular weight is 393 g/mol. The molecule has 0 atom stereocenters. The van der Waals surface area contributed by atoms with Crippen molar-refractivity contribution in [2.75, 3.05) is 0 Å². The maximum atomic E-state index is 11.0. The molecule has 0 unspecified atom stereocenters. The first-order valence-corrected chi connectivity index (χ1v) is 10.4. The summed E-state index contributed by atoms with van der Waals surface area (Å²) in [5.41, 5.74) is 9.50. The molecule has 4 aromatic carbocycles. The molecule has 4 rings (SSSR count). The van der Waals surface area contributed by atoms with Crippen molar-refractivity contribution in [3.63, 3.8) is 0 Å². The molecule has 0 heterocycles. The number of hydrogen-bond donors (Lipinski definition) is 1. The molecule has 1 nitrogen and oxygen atoms in total. The number of hydrogen-bond acceptors (Lipinski definition) is 1. The van der Waals surface area contributed by atoms with Crippen LogP contribution >= 0.6 is 0 Å². The predicted octanol–water partition coefficient (Wildman–Crippen LogP) is 7.53. The summed E-state index contributed by atoms with van der Waals surface area (Å²) in [7, 11) is 0. The Balaban J connectivity index is 2.13. The van der Waals surface area contributed by atoms with Gasteiger partial charge in [-0.05, 0) is 77.8 Å². The summed E-state index contributed by atoms with van der Waals surface area (Å²) in [6.07, 6.45) is 0. The molecule has 0 aliphatic heterocycles. The lowest BCUT2D eigenvalue weighted by atomic mass is 9.81. The van der Waals surface area contributed by atoms with Crippen molar-refractivity contribution in [2.45, 2.75) is 33.3 Å². The van der Waals surface area contributed by atoms with E-state index in [9.17, 15) is 5.11 Å². The minimum absolute atomic E-state index is 0.931. The quantitative estimate of drug-likeness (QED) is 0.380. The molecule has 0 fully saturated rings. The van der Waals surface area contributed by atoms with Gasteiger partial charge in [0.15, 0.2) is 0 Å². The Bertz CT molecular complexity index is 1130. The normalized spacial score (nSPS) is 11.5.